The lowest BCUT2D eigenvalue weighted by atomic mass is 10.4. The number of nitrogens with zero attached hydrogens (tertiary/aromatic N) is 2. The molecule has 2 heterocycles. The number of thiazole rings is 1. The van der Waals surface area contributed by atoms with Gasteiger partial charge in [-0.1, -0.05) is 23.2 Å². The maximum absolute atomic E-state index is 5.76. The highest BCUT2D eigenvalue weighted by molar-refractivity contribution is 7.15. The van der Waals surface area contributed by atoms with Crippen LogP contribution in [0.25, 0.3) is 0 Å². The summed E-state index contributed by atoms with van der Waals surface area (Å²) in [6, 6.07) is 3.61. The molecular weight excluding hydrogens is 253 g/mol. The molecule has 6 heteroatoms. The van der Waals surface area contributed by atoms with E-state index in [-0.39, 0.29) is 0 Å². The Hall–Kier alpha value is -0.840. The first-order valence-electron chi connectivity index (χ1n) is 4.19. The molecule has 0 bridgehead atoms. The van der Waals surface area contributed by atoms with E-state index in [4.69, 9.17) is 23.2 Å². The maximum Gasteiger partial charge on any atom is 0.131 e. The minimum absolute atomic E-state index is 0.470. The Labute approximate surface area is 101 Å². The zero-order valence-corrected chi connectivity index (χ0v) is 9.90. The molecule has 2 aromatic rings. The van der Waals surface area contributed by atoms with Gasteiger partial charge in [-0.2, -0.15) is 0 Å². The van der Waals surface area contributed by atoms with E-state index < -0.39 is 0 Å². The van der Waals surface area contributed by atoms with Gasteiger partial charge in [-0.25, -0.2) is 9.97 Å². The molecule has 0 spiro atoms. The highest BCUT2D eigenvalue weighted by atomic mass is 35.5. The summed E-state index contributed by atoms with van der Waals surface area (Å²) in [5.41, 5.74) is 0.918. The fourth-order valence-corrected chi connectivity index (χ4v) is 2.13. The monoisotopic (exact) mass is 259 g/mol. The third-order valence-corrected chi connectivity index (χ3v) is 3.02. The number of aromatic nitrogens is 2. The average molecular weight is 260 g/mol. The number of hydrogen-bond donors (Lipinski definition) is 1. The first kappa shape index (κ1) is 10.7. The quantitative estimate of drug-likeness (QED) is 0.859. The van der Waals surface area contributed by atoms with Crippen LogP contribution in [0, 0.1) is 0 Å². The Balaban J connectivity index is 1.99. The molecule has 2 aromatic heterocycles. The minimum atomic E-state index is 0.470. The molecule has 0 saturated carbocycles. The van der Waals surface area contributed by atoms with E-state index >= 15 is 0 Å². The predicted molar refractivity (Wildman–Crippen MR) is 63.7 cm³/mol. The van der Waals surface area contributed by atoms with Crippen LogP contribution in [0.2, 0.25) is 9.49 Å². The molecule has 0 unspecified atom stereocenters. The zero-order chi connectivity index (χ0) is 10.7. The number of nitrogens with one attached hydrogen (secondary N) is 1. The van der Waals surface area contributed by atoms with Crippen molar-refractivity contribution in [3.05, 3.63) is 39.0 Å². The molecule has 15 heavy (non-hydrogen) atoms. The van der Waals surface area contributed by atoms with Crippen molar-refractivity contribution >= 4 is 40.2 Å². The summed E-state index contributed by atoms with van der Waals surface area (Å²) in [7, 11) is 0. The van der Waals surface area contributed by atoms with E-state index in [2.05, 4.69) is 15.3 Å². The number of hydrogen-bond acceptors (Lipinski definition) is 4. The molecular formula is C9H7Cl2N3S. The van der Waals surface area contributed by atoms with Gasteiger partial charge in [0.05, 0.1) is 12.7 Å². The van der Waals surface area contributed by atoms with Crippen molar-refractivity contribution in [3.8, 4) is 0 Å². The summed E-state index contributed by atoms with van der Waals surface area (Å²) in [6.07, 6.45) is 3.29. The van der Waals surface area contributed by atoms with Crippen LogP contribution < -0.4 is 5.32 Å². The van der Waals surface area contributed by atoms with Gasteiger partial charge < -0.3 is 5.32 Å². The average Bonchev–Trinajstić information content (AvgIpc) is 2.62. The smallest absolute Gasteiger partial charge is 0.131 e. The van der Waals surface area contributed by atoms with Gasteiger partial charge in [0, 0.05) is 11.9 Å². The number of anilines is 1. The topological polar surface area (TPSA) is 37.8 Å². The van der Waals surface area contributed by atoms with Crippen LogP contribution >= 0.6 is 34.5 Å². The van der Waals surface area contributed by atoms with Gasteiger partial charge in [0.25, 0.3) is 0 Å². The fraction of sp³-hybridized carbons (Fsp3) is 0.111. The molecule has 0 saturated heterocycles. The summed E-state index contributed by atoms with van der Waals surface area (Å²) >= 11 is 13.0. The third-order valence-electron chi connectivity index (χ3n) is 1.70. The van der Waals surface area contributed by atoms with E-state index in [0.29, 0.717) is 16.0 Å². The van der Waals surface area contributed by atoms with E-state index in [1.165, 1.54) is 11.3 Å². The van der Waals surface area contributed by atoms with Crippen molar-refractivity contribution in [1.29, 1.82) is 0 Å². The normalized spacial score (nSPS) is 10.3. The number of halogens is 2. The van der Waals surface area contributed by atoms with Crippen LogP contribution in [0.4, 0.5) is 5.69 Å². The number of rotatable bonds is 3. The highest BCUT2D eigenvalue weighted by Crippen LogP contribution is 2.19. The van der Waals surface area contributed by atoms with Gasteiger partial charge in [-0.15, -0.1) is 11.3 Å². The van der Waals surface area contributed by atoms with Gasteiger partial charge in [-0.3, -0.25) is 0 Å². The summed E-state index contributed by atoms with van der Waals surface area (Å²) in [4.78, 5) is 8.02. The first-order valence-corrected chi connectivity index (χ1v) is 5.77. The van der Waals surface area contributed by atoms with Crippen molar-refractivity contribution in [1.82, 2.24) is 9.97 Å². The largest absolute Gasteiger partial charge is 0.378 e. The van der Waals surface area contributed by atoms with Crippen molar-refractivity contribution < 1.29 is 0 Å². The molecule has 0 aliphatic rings. The fourth-order valence-electron chi connectivity index (χ4n) is 1.06. The second kappa shape index (κ2) is 4.79. The van der Waals surface area contributed by atoms with Crippen LogP contribution in [0.3, 0.4) is 0 Å². The molecule has 0 fully saturated rings. The summed E-state index contributed by atoms with van der Waals surface area (Å²) in [5.74, 6) is 0. The summed E-state index contributed by atoms with van der Waals surface area (Å²) in [6.45, 7) is 0.637. The van der Waals surface area contributed by atoms with E-state index in [0.717, 1.165) is 10.7 Å². The lowest BCUT2D eigenvalue weighted by Crippen LogP contribution is -1.98. The molecule has 0 aromatic carbocycles. The van der Waals surface area contributed by atoms with E-state index in [1.807, 2.05) is 6.07 Å². The lowest BCUT2D eigenvalue weighted by Gasteiger charge is -2.03. The van der Waals surface area contributed by atoms with Gasteiger partial charge in [-0.05, 0) is 12.1 Å². The van der Waals surface area contributed by atoms with Gasteiger partial charge in [0.2, 0.25) is 0 Å². The first-order chi connectivity index (χ1) is 7.24. The number of pyridine rings is 1. The van der Waals surface area contributed by atoms with Crippen molar-refractivity contribution in [3.63, 3.8) is 0 Å². The second-order valence-electron chi connectivity index (χ2n) is 2.78. The predicted octanol–water partition coefficient (Wildman–Crippen LogP) is 3.46. The van der Waals surface area contributed by atoms with E-state index in [1.54, 1.807) is 18.5 Å². The summed E-state index contributed by atoms with van der Waals surface area (Å²) < 4.78 is 0.694. The Morgan fingerprint density at radius 1 is 1.33 bits per heavy atom. The standard InChI is InChI=1S/C9H7Cl2N3S/c10-7-3-6(1-2-12-7)13-5-9-14-4-8(11)15-9/h1-4H,5H2,(H,12,13). The zero-order valence-electron chi connectivity index (χ0n) is 7.58. The van der Waals surface area contributed by atoms with Crippen LogP contribution in [0.15, 0.2) is 24.5 Å². The van der Waals surface area contributed by atoms with Crippen LogP contribution in [0.5, 0.6) is 0 Å². The maximum atomic E-state index is 5.76. The van der Waals surface area contributed by atoms with Crippen molar-refractivity contribution in [2.75, 3.05) is 5.32 Å². The van der Waals surface area contributed by atoms with Crippen LogP contribution in [0.1, 0.15) is 5.01 Å². The Kier molecular flexibility index (Phi) is 3.41. The molecule has 2 rings (SSSR count). The molecule has 78 valence electrons. The Morgan fingerprint density at radius 2 is 2.20 bits per heavy atom. The Bertz CT molecular complexity index is 458. The van der Waals surface area contributed by atoms with Gasteiger partial charge in [0.15, 0.2) is 0 Å². The lowest BCUT2D eigenvalue weighted by molar-refractivity contribution is 1.10. The van der Waals surface area contributed by atoms with Crippen molar-refractivity contribution in [2.45, 2.75) is 6.54 Å². The third kappa shape index (κ3) is 3.06. The minimum Gasteiger partial charge on any atom is -0.378 e. The molecule has 0 radical (unpaired) electrons. The molecule has 0 atom stereocenters. The Morgan fingerprint density at radius 3 is 2.87 bits per heavy atom. The van der Waals surface area contributed by atoms with Gasteiger partial charge in [0.1, 0.15) is 14.5 Å². The van der Waals surface area contributed by atoms with Crippen LogP contribution in [-0.4, -0.2) is 9.97 Å². The highest BCUT2D eigenvalue weighted by Gasteiger charge is 2.00. The molecule has 3 nitrogen and oxygen atoms in total. The summed E-state index contributed by atoms with van der Waals surface area (Å²) in [5, 5.41) is 4.59. The molecule has 0 aliphatic heterocycles. The van der Waals surface area contributed by atoms with Crippen LogP contribution in [-0.2, 0) is 6.54 Å². The van der Waals surface area contributed by atoms with Gasteiger partial charge >= 0.3 is 0 Å². The second-order valence-corrected chi connectivity index (χ2v) is 4.91. The molecule has 1 N–H and O–H groups in total. The molecule has 0 aliphatic carbocycles. The van der Waals surface area contributed by atoms with E-state index in [9.17, 15) is 0 Å². The van der Waals surface area contributed by atoms with Crippen molar-refractivity contribution in [2.24, 2.45) is 0 Å². The SMILES string of the molecule is Clc1cc(NCc2ncc(Cl)s2)ccn1. The molecule has 0 amide bonds.